The lowest BCUT2D eigenvalue weighted by atomic mass is 10.1. The van der Waals surface area contributed by atoms with Crippen LogP contribution in [0.4, 0.5) is 4.39 Å². The van der Waals surface area contributed by atoms with Crippen LogP contribution in [0, 0.1) is 5.82 Å². The Kier molecular flexibility index (Phi) is 5.04. The van der Waals surface area contributed by atoms with Gasteiger partial charge in [0.15, 0.2) is 0 Å². The van der Waals surface area contributed by atoms with Crippen LogP contribution >= 0.6 is 23.4 Å². The maximum absolute atomic E-state index is 13.6. The highest BCUT2D eigenvalue weighted by atomic mass is 35.5. The standard InChI is InChI=1S/C15H12ClFO2S/c16-13-4-2-1-3-11(13)8-20-9-12-7-10(15(18)19)5-6-14(12)17/h1-7H,8-9H2,(H,18,19). The molecule has 0 unspecified atom stereocenters. The van der Waals surface area contributed by atoms with Gasteiger partial charge in [-0.05, 0) is 35.4 Å². The first-order chi connectivity index (χ1) is 9.58. The number of carbonyl (C=O) groups is 1. The molecule has 0 aromatic heterocycles. The van der Waals surface area contributed by atoms with Crippen LogP contribution in [0.3, 0.4) is 0 Å². The molecule has 0 bridgehead atoms. The molecule has 0 fully saturated rings. The van der Waals surface area contributed by atoms with E-state index in [9.17, 15) is 9.18 Å². The topological polar surface area (TPSA) is 37.3 Å². The van der Waals surface area contributed by atoms with Gasteiger partial charge in [0.2, 0.25) is 0 Å². The summed E-state index contributed by atoms with van der Waals surface area (Å²) in [6.45, 7) is 0. The van der Waals surface area contributed by atoms with Gasteiger partial charge in [0.1, 0.15) is 5.82 Å². The molecule has 1 N–H and O–H groups in total. The summed E-state index contributed by atoms with van der Waals surface area (Å²) < 4.78 is 13.6. The molecule has 0 radical (unpaired) electrons. The molecule has 2 aromatic rings. The lowest BCUT2D eigenvalue weighted by Gasteiger charge is -2.06. The third-order valence-corrected chi connectivity index (χ3v) is 4.16. The predicted molar refractivity (Wildman–Crippen MR) is 79.8 cm³/mol. The average molecular weight is 311 g/mol. The zero-order valence-corrected chi connectivity index (χ0v) is 12.0. The SMILES string of the molecule is O=C(O)c1ccc(F)c(CSCc2ccccc2Cl)c1. The van der Waals surface area contributed by atoms with Crippen LogP contribution in [0.2, 0.25) is 5.02 Å². The fraction of sp³-hybridized carbons (Fsp3) is 0.133. The Balaban J connectivity index is 2.02. The second-order valence-corrected chi connectivity index (χ2v) is 5.59. The lowest BCUT2D eigenvalue weighted by molar-refractivity contribution is 0.0696. The van der Waals surface area contributed by atoms with E-state index in [0.717, 1.165) is 5.56 Å². The first kappa shape index (κ1) is 14.9. The number of benzene rings is 2. The average Bonchev–Trinajstić information content (AvgIpc) is 2.42. The minimum absolute atomic E-state index is 0.0970. The summed E-state index contributed by atoms with van der Waals surface area (Å²) in [5.41, 5.74) is 1.47. The van der Waals surface area contributed by atoms with E-state index < -0.39 is 5.97 Å². The van der Waals surface area contributed by atoms with E-state index >= 15 is 0 Å². The van der Waals surface area contributed by atoms with Gasteiger partial charge in [-0.15, -0.1) is 0 Å². The van der Waals surface area contributed by atoms with Gasteiger partial charge in [-0.3, -0.25) is 0 Å². The molecular weight excluding hydrogens is 299 g/mol. The smallest absolute Gasteiger partial charge is 0.335 e. The first-order valence-corrected chi connectivity index (χ1v) is 7.44. The third kappa shape index (κ3) is 3.74. The second kappa shape index (κ2) is 6.77. The van der Waals surface area contributed by atoms with E-state index in [1.54, 1.807) is 0 Å². The molecule has 104 valence electrons. The Morgan fingerprint density at radius 1 is 1.15 bits per heavy atom. The molecule has 0 amide bonds. The number of carboxylic acid groups (broad SMARTS) is 1. The quantitative estimate of drug-likeness (QED) is 0.876. The zero-order valence-electron chi connectivity index (χ0n) is 10.5. The largest absolute Gasteiger partial charge is 0.478 e. The summed E-state index contributed by atoms with van der Waals surface area (Å²) in [5.74, 6) is -0.391. The van der Waals surface area contributed by atoms with Crippen molar-refractivity contribution in [2.45, 2.75) is 11.5 Å². The second-order valence-electron chi connectivity index (χ2n) is 4.20. The van der Waals surface area contributed by atoms with Gasteiger partial charge >= 0.3 is 5.97 Å². The molecule has 2 rings (SSSR count). The highest BCUT2D eigenvalue weighted by molar-refractivity contribution is 7.97. The number of hydrogen-bond acceptors (Lipinski definition) is 2. The Morgan fingerprint density at radius 2 is 1.85 bits per heavy atom. The van der Waals surface area contributed by atoms with Crippen molar-refractivity contribution in [3.63, 3.8) is 0 Å². The van der Waals surface area contributed by atoms with E-state index in [1.807, 2.05) is 24.3 Å². The monoisotopic (exact) mass is 310 g/mol. The molecule has 0 aliphatic heterocycles. The molecule has 0 spiro atoms. The van der Waals surface area contributed by atoms with Gasteiger partial charge in [0.25, 0.3) is 0 Å². The molecule has 0 aliphatic rings. The molecular formula is C15H12ClFO2S. The molecule has 0 aliphatic carbocycles. The van der Waals surface area contributed by atoms with Gasteiger partial charge in [-0.25, -0.2) is 9.18 Å². The Bertz CT molecular complexity index is 631. The molecule has 0 atom stereocenters. The number of halogens is 2. The highest BCUT2D eigenvalue weighted by Crippen LogP contribution is 2.24. The van der Waals surface area contributed by atoms with Crippen LogP contribution in [0.25, 0.3) is 0 Å². The summed E-state index contributed by atoms with van der Waals surface area (Å²) in [6.07, 6.45) is 0. The number of thioether (sulfide) groups is 1. The van der Waals surface area contributed by atoms with Crippen LogP contribution in [-0.2, 0) is 11.5 Å². The molecule has 20 heavy (non-hydrogen) atoms. The molecule has 2 nitrogen and oxygen atoms in total. The number of carboxylic acids is 1. The molecule has 0 heterocycles. The van der Waals surface area contributed by atoms with Crippen LogP contribution in [0.15, 0.2) is 42.5 Å². The van der Waals surface area contributed by atoms with Crippen LogP contribution in [0.1, 0.15) is 21.5 Å². The normalized spacial score (nSPS) is 10.5. The van der Waals surface area contributed by atoms with Crippen molar-refractivity contribution >= 4 is 29.3 Å². The van der Waals surface area contributed by atoms with Crippen molar-refractivity contribution in [3.8, 4) is 0 Å². The summed E-state index contributed by atoms with van der Waals surface area (Å²) >= 11 is 7.53. The van der Waals surface area contributed by atoms with Crippen LogP contribution in [-0.4, -0.2) is 11.1 Å². The minimum Gasteiger partial charge on any atom is -0.478 e. The molecule has 2 aromatic carbocycles. The van der Waals surface area contributed by atoms with Gasteiger partial charge in [-0.2, -0.15) is 11.8 Å². The summed E-state index contributed by atoms with van der Waals surface area (Å²) in [7, 11) is 0. The van der Waals surface area contributed by atoms with Gasteiger partial charge in [0.05, 0.1) is 5.56 Å². The summed E-state index contributed by atoms with van der Waals surface area (Å²) in [5, 5.41) is 9.57. The van der Waals surface area contributed by atoms with Crippen LogP contribution < -0.4 is 0 Å². The van der Waals surface area contributed by atoms with E-state index in [2.05, 4.69) is 0 Å². The molecule has 0 saturated carbocycles. The van der Waals surface area contributed by atoms with Crippen molar-refractivity contribution in [1.82, 2.24) is 0 Å². The predicted octanol–water partition coefficient (Wildman–Crippen LogP) is 4.61. The number of rotatable bonds is 5. The van der Waals surface area contributed by atoms with E-state index in [0.29, 0.717) is 22.1 Å². The lowest BCUT2D eigenvalue weighted by Crippen LogP contribution is -1.99. The van der Waals surface area contributed by atoms with E-state index in [1.165, 1.54) is 30.0 Å². The van der Waals surface area contributed by atoms with Crippen LogP contribution in [0.5, 0.6) is 0 Å². The van der Waals surface area contributed by atoms with E-state index in [4.69, 9.17) is 16.7 Å². The number of hydrogen-bond donors (Lipinski definition) is 1. The Labute approximate surface area is 125 Å². The fourth-order valence-corrected chi connectivity index (χ4v) is 3.00. The zero-order chi connectivity index (χ0) is 14.5. The van der Waals surface area contributed by atoms with Gasteiger partial charge in [0, 0.05) is 16.5 Å². The number of aromatic carboxylic acids is 1. The van der Waals surface area contributed by atoms with Crippen molar-refractivity contribution < 1.29 is 14.3 Å². The third-order valence-electron chi connectivity index (χ3n) is 2.77. The molecule has 5 heteroatoms. The maximum Gasteiger partial charge on any atom is 0.335 e. The van der Waals surface area contributed by atoms with Crippen molar-refractivity contribution in [1.29, 1.82) is 0 Å². The van der Waals surface area contributed by atoms with Crippen molar-refractivity contribution in [2.24, 2.45) is 0 Å². The minimum atomic E-state index is -1.05. The summed E-state index contributed by atoms with van der Waals surface area (Å²) in [4.78, 5) is 10.9. The van der Waals surface area contributed by atoms with E-state index in [-0.39, 0.29) is 11.4 Å². The van der Waals surface area contributed by atoms with Crippen molar-refractivity contribution in [3.05, 3.63) is 70.0 Å². The van der Waals surface area contributed by atoms with Crippen molar-refractivity contribution in [2.75, 3.05) is 0 Å². The van der Waals surface area contributed by atoms with Gasteiger partial charge in [-0.1, -0.05) is 29.8 Å². The highest BCUT2D eigenvalue weighted by Gasteiger charge is 2.09. The Hall–Kier alpha value is -1.52. The molecule has 0 saturated heterocycles. The Morgan fingerprint density at radius 3 is 2.55 bits per heavy atom. The van der Waals surface area contributed by atoms with Gasteiger partial charge < -0.3 is 5.11 Å². The maximum atomic E-state index is 13.6. The first-order valence-electron chi connectivity index (χ1n) is 5.91. The summed E-state index contributed by atoms with van der Waals surface area (Å²) in [6, 6.07) is 11.3. The fourth-order valence-electron chi connectivity index (χ4n) is 1.70.